The summed E-state index contributed by atoms with van der Waals surface area (Å²) < 4.78 is 15.1. The lowest BCUT2D eigenvalue weighted by atomic mass is 10.2. The predicted octanol–water partition coefficient (Wildman–Crippen LogP) is 4.91. The number of aryl methyl sites for hydroxylation is 2. The van der Waals surface area contributed by atoms with E-state index in [0.717, 1.165) is 30.9 Å². The van der Waals surface area contributed by atoms with Gasteiger partial charge in [-0.1, -0.05) is 0 Å². The van der Waals surface area contributed by atoms with E-state index in [1.807, 2.05) is 79.9 Å². The number of hydrogen-bond donors (Lipinski definition) is 0. The van der Waals surface area contributed by atoms with Crippen LogP contribution in [-0.4, -0.2) is 32.3 Å². The van der Waals surface area contributed by atoms with Gasteiger partial charge in [-0.3, -0.25) is 0 Å². The third-order valence-corrected chi connectivity index (χ3v) is 4.52. The van der Waals surface area contributed by atoms with Crippen LogP contribution in [0, 0.1) is 13.8 Å². The van der Waals surface area contributed by atoms with Crippen molar-refractivity contribution >= 4 is 11.9 Å². The zero-order chi connectivity index (χ0) is 22.0. The number of hydrogen-bond acceptors (Lipinski definition) is 4. The van der Waals surface area contributed by atoms with E-state index in [1.54, 1.807) is 0 Å². The van der Waals surface area contributed by atoms with Gasteiger partial charge in [0.25, 0.3) is 0 Å². The van der Waals surface area contributed by atoms with Crippen LogP contribution < -0.4 is 0 Å². The van der Waals surface area contributed by atoms with Gasteiger partial charge in [0.1, 0.15) is 11.2 Å². The first kappa shape index (κ1) is 22.8. The highest BCUT2D eigenvalue weighted by molar-refractivity contribution is 5.91. The van der Waals surface area contributed by atoms with Crippen LogP contribution in [0.4, 0.5) is 0 Å². The normalized spacial score (nSPS) is 12.1. The monoisotopic (exact) mass is 402 g/mol. The molecule has 0 bridgehead atoms. The molecule has 0 unspecified atom stereocenters. The summed E-state index contributed by atoms with van der Waals surface area (Å²) in [5.74, 6) is -0.589. The van der Waals surface area contributed by atoms with Crippen molar-refractivity contribution in [2.45, 2.75) is 86.1 Å². The van der Waals surface area contributed by atoms with Crippen molar-refractivity contribution in [1.82, 2.24) is 9.13 Å². The minimum atomic E-state index is -0.510. The lowest BCUT2D eigenvalue weighted by Gasteiger charge is -2.19. The second-order valence-electron chi connectivity index (χ2n) is 9.37. The Morgan fingerprint density at radius 1 is 0.759 bits per heavy atom. The molecule has 2 rings (SSSR count). The van der Waals surface area contributed by atoms with Gasteiger partial charge in [0.05, 0.1) is 11.1 Å². The average molecular weight is 403 g/mol. The molecule has 2 heterocycles. The maximum absolute atomic E-state index is 12.3. The van der Waals surface area contributed by atoms with Crippen LogP contribution in [0.2, 0.25) is 0 Å². The lowest BCUT2D eigenvalue weighted by molar-refractivity contribution is 0.00560. The molecule has 6 nitrogen and oxygen atoms in total. The first-order chi connectivity index (χ1) is 13.3. The van der Waals surface area contributed by atoms with Crippen LogP contribution in [-0.2, 0) is 22.6 Å². The molecule has 6 heteroatoms. The Hall–Kier alpha value is -2.50. The molecule has 0 atom stereocenters. The molecule has 0 spiro atoms. The molecule has 29 heavy (non-hydrogen) atoms. The Bertz CT molecular complexity index is 804. The number of aromatic nitrogens is 2. The molecule has 0 saturated heterocycles. The molecule has 0 amide bonds. The minimum Gasteiger partial charge on any atom is -0.456 e. The predicted molar refractivity (Wildman–Crippen MR) is 113 cm³/mol. The highest BCUT2D eigenvalue weighted by Gasteiger charge is 2.22. The zero-order valence-corrected chi connectivity index (χ0v) is 19.0. The van der Waals surface area contributed by atoms with E-state index >= 15 is 0 Å². The molecule has 2 aromatic heterocycles. The van der Waals surface area contributed by atoms with Crippen LogP contribution in [0.1, 0.15) is 80.1 Å². The third kappa shape index (κ3) is 6.24. The summed E-state index contributed by atoms with van der Waals surface area (Å²) >= 11 is 0. The third-order valence-electron chi connectivity index (χ3n) is 4.52. The molecule has 0 aromatic carbocycles. The topological polar surface area (TPSA) is 62.5 Å². The fraction of sp³-hybridized carbons (Fsp3) is 0.565. The van der Waals surface area contributed by atoms with Crippen molar-refractivity contribution in [2.75, 3.05) is 0 Å². The Morgan fingerprint density at radius 2 is 1.10 bits per heavy atom. The summed E-state index contributed by atoms with van der Waals surface area (Å²) in [6, 6.07) is 3.62. The number of rotatable bonds is 6. The van der Waals surface area contributed by atoms with E-state index in [9.17, 15) is 9.59 Å². The molecule has 0 N–H and O–H groups in total. The summed E-state index contributed by atoms with van der Waals surface area (Å²) in [6.45, 7) is 16.6. The minimum absolute atomic E-state index is 0.294. The maximum Gasteiger partial charge on any atom is 0.340 e. The van der Waals surface area contributed by atoms with Crippen LogP contribution in [0.15, 0.2) is 24.5 Å². The average Bonchev–Trinajstić information content (AvgIpc) is 3.08. The molecular formula is C23H34N2O4. The van der Waals surface area contributed by atoms with Crippen LogP contribution in [0.5, 0.6) is 0 Å². The zero-order valence-electron chi connectivity index (χ0n) is 19.0. The van der Waals surface area contributed by atoms with Gasteiger partial charge < -0.3 is 18.6 Å². The molecule has 0 aliphatic carbocycles. The summed E-state index contributed by atoms with van der Waals surface area (Å²) in [7, 11) is 0. The van der Waals surface area contributed by atoms with Gasteiger partial charge >= 0.3 is 11.9 Å². The van der Waals surface area contributed by atoms with Crippen molar-refractivity contribution < 1.29 is 19.1 Å². The number of ether oxygens (including phenoxy) is 2. The van der Waals surface area contributed by atoms with Gasteiger partial charge in [-0.2, -0.15) is 0 Å². The molecular weight excluding hydrogens is 368 g/mol. The van der Waals surface area contributed by atoms with Crippen molar-refractivity contribution in [1.29, 1.82) is 0 Å². The molecule has 160 valence electrons. The molecule has 2 aromatic rings. The highest BCUT2D eigenvalue weighted by atomic mass is 16.6. The standard InChI is InChI=1S/C23H34N2O4/c1-16-18(20(26)28-22(3,4)5)10-14-24(16)12-9-13-25-15-11-19(17(25)2)21(27)29-23(6,7)8/h10-11,14-15H,9,12-13H2,1-8H3. The van der Waals surface area contributed by atoms with Crippen molar-refractivity contribution in [3.05, 3.63) is 47.0 Å². The Morgan fingerprint density at radius 3 is 1.41 bits per heavy atom. The highest BCUT2D eigenvalue weighted by Crippen LogP contribution is 2.19. The Kier molecular flexibility index (Phi) is 6.66. The van der Waals surface area contributed by atoms with Crippen LogP contribution >= 0.6 is 0 Å². The number of esters is 2. The van der Waals surface area contributed by atoms with E-state index in [1.165, 1.54) is 0 Å². The molecule has 0 radical (unpaired) electrons. The first-order valence-corrected chi connectivity index (χ1v) is 10.1. The first-order valence-electron chi connectivity index (χ1n) is 10.1. The number of carbonyl (C=O) groups is 2. The summed E-state index contributed by atoms with van der Waals surface area (Å²) in [5, 5.41) is 0. The Labute approximate surface area is 173 Å². The maximum atomic E-state index is 12.3. The quantitative estimate of drug-likeness (QED) is 0.644. The van der Waals surface area contributed by atoms with Gasteiger partial charge in [0.15, 0.2) is 0 Å². The fourth-order valence-electron chi connectivity index (χ4n) is 3.10. The lowest BCUT2D eigenvalue weighted by Crippen LogP contribution is -2.24. The SMILES string of the molecule is Cc1c(C(=O)OC(C)(C)C)ccn1CCCn1ccc(C(=O)OC(C)(C)C)c1C. The van der Waals surface area contributed by atoms with Gasteiger partial charge in [0, 0.05) is 36.9 Å². The smallest absolute Gasteiger partial charge is 0.340 e. The van der Waals surface area contributed by atoms with E-state index in [-0.39, 0.29) is 11.9 Å². The van der Waals surface area contributed by atoms with E-state index in [0.29, 0.717) is 11.1 Å². The van der Waals surface area contributed by atoms with Gasteiger partial charge in [-0.15, -0.1) is 0 Å². The number of nitrogens with zero attached hydrogens (tertiary/aromatic N) is 2. The fourth-order valence-corrected chi connectivity index (χ4v) is 3.10. The van der Waals surface area contributed by atoms with Gasteiger partial charge in [-0.25, -0.2) is 9.59 Å². The summed E-state index contributed by atoms with van der Waals surface area (Å²) in [6.07, 6.45) is 4.71. The van der Waals surface area contributed by atoms with Gasteiger partial charge in [0.2, 0.25) is 0 Å². The van der Waals surface area contributed by atoms with Crippen molar-refractivity contribution in [2.24, 2.45) is 0 Å². The van der Waals surface area contributed by atoms with E-state index in [2.05, 4.69) is 9.13 Å². The molecule has 0 fully saturated rings. The second-order valence-corrected chi connectivity index (χ2v) is 9.37. The second kappa shape index (κ2) is 8.47. The van der Waals surface area contributed by atoms with E-state index in [4.69, 9.17) is 9.47 Å². The molecule has 0 aliphatic rings. The summed E-state index contributed by atoms with van der Waals surface area (Å²) in [4.78, 5) is 24.6. The van der Waals surface area contributed by atoms with E-state index < -0.39 is 11.2 Å². The Balaban J connectivity index is 1.98. The largest absolute Gasteiger partial charge is 0.456 e. The van der Waals surface area contributed by atoms with Gasteiger partial charge in [-0.05, 0) is 73.9 Å². The number of carbonyl (C=O) groups excluding carboxylic acids is 2. The molecule has 0 aliphatic heterocycles. The van der Waals surface area contributed by atoms with Crippen molar-refractivity contribution in [3.63, 3.8) is 0 Å². The van der Waals surface area contributed by atoms with Crippen LogP contribution in [0.25, 0.3) is 0 Å². The van der Waals surface area contributed by atoms with Crippen LogP contribution in [0.3, 0.4) is 0 Å². The van der Waals surface area contributed by atoms with Crippen molar-refractivity contribution in [3.8, 4) is 0 Å². The summed E-state index contributed by atoms with van der Waals surface area (Å²) in [5.41, 5.74) is 1.98. The molecule has 0 saturated carbocycles.